The SMILES string of the molecule is COc1ccc(CC(C)CCN)cc1OCc1ccccc1. The average molecular weight is 299 g/mol. The summed E-state index contributed by atoms with van der Waals surface area (Å²) in [6.45, 7) is 3.50. The molecule has 0 aliphatic carbocycles. The van der Waals surface area contributed by atoms with Gasteiger partial charge in [-0.1, -0.05) is 43.3 Å². The Bertz CT molecular complexity index is 569. The van der Waals surface area contributed by atoms with E-state index in [2.05, 4.69) is 31.2 Å². The fourth-order valence-corrected chi connectivity index (χ4v) is 2.49. The Morgan fingerprint density at radius 1 is 1.00 bits per heavy atom. The van der Waals surface area contributed by atoms with Gasteiger partial charge >= 0.3 is 0 Å². The minimum absolute atomic E-state index is 0.541. The molecule has 0 bridgehead atoms. The van der Waals surface area contributed by atoms with E-state index >= 15 is 0 Å². The molecule has 2 rings (SSSR count). The number of ether oxygens (including phenoxy) is 2. The zero-order chi connectivity index (χ0) is 15.8. The first-order valence-electron chi connectivity index (χ1n) is 7.76. The van der Waals surface area contributed by atoms with E-state index < -0.39 is 0 Å². The van der Waals surface area contributed by atoms with Gasteiger partial charge in [-0.3, -0.25) is 0 Å². The molecule has 1 unspecified atom stereocenters. The molecule has 0 aromatic heterocycles. The number of hydrogen-bond donors (Lipinski definition) is 1. The maximum Gasteiger partial charge on any atom is 0.161 e. The quantitative estimate of drug-likeness (QED) is 0.806. The van der Waals surface area contributed by atoms with Gasteiger partial charge in [-0.25, -0.2) is 0 Å². The van der Waals surface area contributed by atoms with Crippen molar-refractivity contribution in [1.29, 1.82) is 0 Å². The van der Waals surface area contributed by atoms with Crippen LogP contribution in [0.4, 0.5) is 0 Å². The van der Waals surface area contributed by atoms with Crippen LogP contribution in [-0.2, 0) is 13.0 Å². The van der Waals surface area contributed by atoms with Crippen molar-refractivity contribution in [3.63, 3.8) is 0 Å². The highest BCUT2D eigenvalue weighted by molar-refractivity contribution is 5.43. The third kappa shape index (κ3) is 4.78. The van der Waals surface area contributed by atoms with E-state index in [0.29, 0.717) is 12.5 Å². The highest BCUT2D eigenvalue weighted by Gasteiger charge is 2.09. The van der Waals surface area contributed by atoms with Crippen LogP contribution in [0, 0.1) is 5.92 Å². The van der Waals surface area contributed by atoms with Gasteiger partial charge in [-0.15, -0.1) is 0 Å². The van der Waals surface area contributed by atoms with E-state index in [-0.39, 0.29) is 0 Å². The lowest BCUT2D eigenvalue weighted by molar-refractivity contribution is 0.284. The van der Waals surface area contributed by atoms with Crippen LogP contribution in [-0.4, -0.2) is 13.7 Å². The third-order valence-corrected chi connectivity index (χ3v) is 3.71. The van der Waals surface area contributed by atoms with Gasteiger partial charge in [-0.2, -0.15) is 0 Å². The maximum absolute atomic E-state index is 5.95. The number of rotatable bonds is 8. The van der Waals surface area contributed by atoms with Crippen molar-refractivity contribution in [3.8, 4) is 11.5 Å². The molecule has 0 aliphatic heterocycles. The van der Waals surface area contributed by atoms with E-state index in [4.69, 9.17) is 15.2 Å². The van der Waals surface area contributed by atoms with E-state index in [1.807, 2.05) is 24.3 Å². The van der Waals surface area contributed by atoms with Crippen LogP contribution in [0.5, 0.6) is 11.5 Å². The number of methoxy groups -OCH3 is 1. The Kier molecular flexibility index (Phi) is 6.28. The van der Waals surface area contributed by atoms with Crippen LogP contribution in [0.3, 0.4) is 0 Å². The second-order valence-electron chi connectivity index (χ2n) is 5.65. The second-order valence-corrected chi connectivity index (χ2v) is 5.65. The molecule has 3 nitrogen and oxygen atoms in total. The minimum atomic E-state index is 0.541. The Morgan fingerprint density at radius 2 is 1.77 bits per heavy atom. The van der Waals surface area contributed by atoms with E-state index in [9.17, 15) is 0 Å². The topological polar surface area (TPSA) is 44.5 Å². The van der Waals surface area contributed by atoms with Crippen molar-refractivity contribution < 1.29 is 9.47 Å². The lowest BCUT2D eigenvalue weighted by atomic mass is 9.98. The van der Waals surface area contributed by atoms with Crippen molar-refractivity contribution in [3.05, 3.63) is 59.7 Å². The first-order valence-corrected chi connectivity index (χ1v) is 7.76. The molecule has 0 radical (unpaired) electrons. The molecule has 22 heavy (non-hydrogen) atoms. The molecule has 0 heterocycles. The fraction of sp³-hybridized carbons (Fsp3) is 0.368. The minimum Gasteiger partial charge on any atom is -0.493 e. The summed E-state index contributed by atoms with van der Waals surface area (Å²) < 4.78 is 11.3. The highest BCUT2D eigenvalue weighted by Crippen LogP contribution is 2.30. The molecular formula is C19H25NO2. The predicted molar refractivity (Wildman–Crippen MR) is 90.3 cm³/mol. The Morgan fingerprint density at radius 3 is 2.45 bits per heavy atom. The Hall–Kier alpha value is -2.00. The van der Waals surface area contributed by atoms with Crippen LogP contribution >= 0.6 is 0 Å². The van der Waals surface area contributed by atoms with Crippen molar-refractivity contribution in [2.24, 2.45) is 11.7 Å². The fourth-order valence-electron chi connectivity index (χ4n) is 2.49. The van der Waals surface area contributed by atoms with Crippen molar-refractivity contribution in [2.45, 2.75) is 26.4 Å². The molecule has 0 aliphatic rings. The average Bonchev–Trinajstić information content (AvgIpc) is 2.54. The monoisotopic (exact) mass is 299 g/mol. The van der Waals surface area contributed by atoms with Gasteiger partial charge < -0.3 is 15.2 Å². The molecule has 0 spiro atoms. The van der Waals surface area contributed by atoms with Crippen LogP contribution in [0.2, 0.25) is 0 Å². The van der Waals surface area contributed by atoms with Gasteiger partial charge in [-0.05, 0) is 48.6 Å². The number of hydrogen-bond acceptors (Lipinski definition) is 3. The van der Waals surface area contributed by atoms with Gasteiger partial charge in [0.05, 0.1) is 7.11 Å². The summed E-state index contributed by atoms with van der Waals surface area (Å²) in [6, 6.07) is 16.3. The first kappa shape index (κ1) is 16.4. The van der Waals surface area contributed by atoms with E-state index in [1.165, 1.54) is 5.56 Å². The molecule has 0 saturated carbocycles. The second kappa shape index (κ2) is 8.44. The standard InChI is InChI=1S/C19H25NO2/c1-15(10-11-20)12-17-8-9-18(21-2)19(13-17)22-14-16-6-4-3-5-7-16/h3-9,13,15H,10-12,14,20H2,1-2H3. The summed E-state index contributed by atoms with van der Waals surface area (Å²) in [5.74, 6) is 2.13. The summed E-state index contributed by atoms with van der Waals surface area (Å²) >= 11 is 0. The normalized spacial score (nSPS) is 12.0. The smallest absolute Gasteiger partial charge is 0.161 e. The molecule has 0 fully saturated rings. The van der Waals surface area contributed by atoms with Crippen LogP contribution in [0.1, 0.15) is 24.5 Å². The largest absolute Gasteiger partial charge is 0.493 e. The van der Waals surface area contributed by atoms with Gasteiger partial charge in [0.15, 0.2) is 11.5 Å². The van der Waals surface area contributed by atoms with E-state index in [0.717, 1.165) is 36.4 Å². The van der Waals surface area contributed by atoms with Gasteiger partial charge in [0.25, 0.3) is 0 Å². The molecule has 2 N–H and O–H groups in total. The van der Waals surface area contributed by atoms with Gasteiger partial charge in [0.1, 0.15) is 6.61 Å². The molecule has 1 atom stereocenters. The summed E-state index contributed by atoms with van der Waals surface area (Å²) in [6.07, 6.45) is 2.04. The number of nitrogens with two attached hydrogens (primary N) is 1. The first-order chi connectivity index (χ1) is 10.7. The third-order valence-electron chi connectivity index (χ3n) is 3.71. The summed E-state index contributed by atoms with van der Waals surface area (Å²) in [4.78, 5) is 0. The summed E-state index contributed by atoms with van der Waals surface area (Å²) in [7, 11) is 1.67. The van der Waals surface area contributed by atoms with Gasteiger partial charge in [0.2, 0.25) is 0 Å². The molecule has 0 saturated heterocycles. The van der Waals surface area contributed by atoms with Crippen molar-refractivity contribution >= 4 is 0 Å². The number of benzene rings is 2. The summed E-state index contributed by atoms with van der Waals surface area (Å²) in [5, 5.41) is 0. The van der Waals surface area contributed by atoms with Crippen molar-refractivity contribution in [2.75, 3.05) is 13.7 Å². The van der Waals surface area contributed by atoms with Crippen LogP contribution in [0.25, 0.3) is 0 Å². The van der Waals surface area contributed by atoms with E-state index in [1.54, 1.807) is 7.11 Å². The van der Waals surface area contributed by atoms with Crippen LogP contribution in [0.15, 0.2) is 48.5 Å². The Balaban J connectivity index is 2.07. The molecular weight excluding hydrogens is 274 g/mol. The van der Waals surface area contributed by atoms with Crippen molar-refractivity contribution in [1.82, 2.24) is 0 Å². The molecule has 3 heteroatoms. The predicted octanol–water partition coefficient (Wildman–Crippen LogP) is 3.80. The lowest BCUT2D eigenvalue weighted by Crippen LogP contribution is -2.08. The Labute approximate surface area is 133 Å². The van der Waals surface area contributed by atoms with Crippen LogP contribution < -0.4 is 15.2 Å². The zero-order valence-electron chi connectivity index (χ0n) is 13.4. The lowest BCUT2D eigenvalue weighted by Gasteiger charge is -2.14. The molecule has 2 aromatic carbocycles. The maximum atomic E-state index is 5.95. The highest BCUT2D eigenvalue weighted by atomic mass is 16.5. The molecule has 2 aromatic rings. The zero-order valence-corrected chi connectivity index (χ0v) is 13.4. The molecule has 118 valence electrons. The molecule has 0 amide bonds. The summed E-state index contributed by atoms with van der Waals surface area (Å²) in [5.41, 5.74) is 8.03. The van der Waals surface area contributed by atoms with Gasteiger partial charge in [0, 0.05) is 0 Å².